The van der Waals surface area contributed by atoms with Crippen LogP contribution in [0.2, 0.25) is 0 Å². The molecule has 0 saturated heterocycles. The van der Waals surface area contributed by atoms with E-state index in [4.69, 9.17) is 4.74 Å². The van der Waals surface area contributed by atoms with Gasteiger partial charge in [-0.3, -0.25) is 9.78 Å². The van der Waals surface area contributed by atoms with Gasteiger partial charge in [-0.25, -0.2) is 0 Å². The van der Waals surface area contributed by atoms with Crippen molar-refractivity contribution < 1.29 is 9.53 Å². The van der Waals surface area contributed by atoms with Gasteiger partial charge in [0.15, 0.2) is 0 Å². The summed E-state index contributed by atoms with van der Waals surface area (Å²) in [7, 11) is 1.66. The van der Waals surface area contributed by atoms with Gasteiger partial charge in [-0.05, 0) is 61.7 Å². The lowest BCUT2D eigenvalue weighted by Crippen LogP contribution is -2.27. The molecule has 0 radical (unpaired) electrons. The molecule has 1 amide bonds. The zero-order valence-corrected chi connectivity index (χ0v) is 16.2. The zero-order valence-electron chi connectivity index (χ0n) is 16.2. The van der Waals surface area contributed by atoms with Gasteiger partial charge in [0, 0.05) is 18.4 Å². The highest BCUT2D eigenvalue weighted by Crippen LogP contribution is 2.24. The maximum Gasteiger partial charge on any atom is 0.268 e. The van der Waals surface area contributed by atoms with Crippen LogP contribution in [0.1, 0.15) is 38.6 Å². The molecule has 2 heterocycles. The number of rotatable bonds is 6. The maximum absolute atomic E-state index is 13.0. The highest BCUT2D eigenvalue weighted by molar-refractivity contribution is 5.94. The molecule has 2 aromatic heterocycles. The van der Waals surface area contributed by atoms with Crippen LogP contribution in [-0.4, -0.2) is 22.6 Å². The standard InChI is InChI=1S/C22H25N3O2/c1-15-16(2)21(22(26)24-13-19-9-5-6-11-23-19)25(17(15)3)14-18-8-7-10-20(12-18)27-4/h5-12H,13-14H2,1-4H3,(H,24,26). The predicted molar refractivity (Wildman–Crippen MR) is 106 cm³/mol. The van der Waals surface area contributed by atoms with E-state index >= 15 is 0 Å². The van der Waals surface area contributed by atoms with Gasteiger partial charge < -0.3 is 14.6 Å². The summed E-state index contributed by atoms with van der Waals surface area (Å²) in [4.78, 5) is 17.2. The molecule has 0 aliphatic heterocycles. The Morgan fingerprint density at radius 1 is 1.11 bits per heavy atom. The highest BCUT2D eigenvalue weighted by Gasteiger charge is 2.20. The molecule has 0 aliphatic carbocycles. The Labute approximate surface area is 160 Å². The van der Waals surface area contributed by atoms with Crippen LogP contribution in [-0.2, 0) is 13.1 Å². The van der Waals surface area contributed by atoms with E-state index in [0.717, 1.165) is 33.8 Å². The van der Waals surface area contributed by atoms with Crippen molar-refractivity contribution in [2.24, 2.45) is 0 Å². The third-order valence-corrected chi connectivity index (χ3v) is 4.98. The van der Waals surface area contributed by atoms with Gasteiger partial charge in [-0.15, -0.1) is 0 Å². The first-order chi connectivity index (χ1) is 13.0. The molecule has 3 rings (SSSR count). The third kappa shape index (κ3) is 4.03. The number of aromatic nitrogens is 2. The van der Waals surface area contributed by atoms with Crippen LogP contribution in [0.5, 0.6) is 5.75 Å². The van der Waals surface area contributed by atoms with Crippen molar-refractivity contribution in [2.45, 2.75) is 33.9 Å². The fourth-order valence-corrected chi connectivity index (χ4v) is 3.22. The molecular weight excluding hydrogens is 338 g/mol. The van der Waals surface area contributed by atoms with Gasteiger partial charge in [-0.2, -0.15) is 0 Å². The van der Waals surface area contributed by atoms with E-state index < -0.39 is 0 Å². The van der Waals surface area contributed by atoms with Gasteiger partial charge in [0.05, 0.1) is 19.3 Å². The second kappa shape index (κ2) is 8.08. The van der Waals surface area contributed by atoms with E-state index in [0.29, 0.717) is 18.8 Å². The van der Waals surface area contributed by atoms with Gasteiger partial charge in [0.1, 0.15) is 11.4 Å². The second-order valence-corrected chi connectivity index (χ2v) is 6.63. The predicted octanol–water partition coefficient (Wildman–Crippen LogP) is 3.80. The number of nitrogens with zero attached hydrogens (tertiary/aromatic N) is 2. The molecule has 5 nitrogen and oxygen atoms in total. The molecule has 140 valence electrons. The summed E-state index contributed by atoms with van der Waals surface area (Å²) in [6, 6.07) is 13.6. The lowest BCUT2D eigenvalue weighted by atomic mass is 10.1. The van der Waals surface area contributed by atoms with Gasteiger partial charge >= 0.3 is 0 Å². The molecule has 0 spiro atoms. The van der Waals surface area contributed by atoms with Crippen molar-refractivity contribution in [3.8, 4) is 5.75 Å². The summed E-state index contributed by atoms with van der Waals surface area (Å²) >= 11 is 0. The Bertz CT molecular complexity index is 946. The lowest BCUT2D eigenvalue weighted by Gasteiger charge is -2.13. The molecule has 0 bridgehead atoms. The minimum absolute atomic E-state index is 0.0859. The minimum Gasteiger partial charge on any atom is -0.497 e. The van der Waals surface area contributed by atoms with Crippen LogP contribution in [0.15, 0.2) is 48.7 Å². The summed E-state index contributed by atoms with van der Waals surface area (Å²) in [6.07, 6.45) is 1.73. The molecular formula is C22H25N3O2. The number of carbonyl (C=O) groups excluding carboxylic acids is 1. The Morgan fingerprint density at radius 2 is 1.93 bits per heavy atom. The average molecular weight is 363 g/mol. The first-order valence-electron chi connectivity index (χ1n) is 8.98. The number of pyridine rings is 1. The van der Waals surface area contributed by atoms with Crippen LogP contribution < -0.4 is 10.1 Å². The summed E-state index contributed by atoms with van der Waals surface area (Å²) < 4.78 is 7.40. The summed E-state index contributed by atoms with van der Waals surface area (Å²) in [5.41, 5.74) is 5.87. The number of hydrogen-bond donors (Lipinski definition) is 1. The SMILES string of the molecule is COc1cccc(Cn2c(C)c(C)c(C)c2C(=O)NCc2ccccn2)c1. The first kappa shape index (κ1) is 18.7. The van der Waals surface area contributed by atoms with E-state index in [2.05, 4.69) is 28.7 Å². The quantitative estimate of drug-likeness (QED) is 0.725. The molecule has 5 heteroatoms. The highest BCUT2D eigenvalue weighted by atomic mass is 16.5. The second-order valence-electron chi connectivity index (χ2n) is 6.63. The van der Waals surface area contributed by atoms with Crippen molar-refractivity contribution >= 4 is 5.91 Å². The minimum atomic E-state index is -0.0859. The molecule has 0 atom stereocenters. The number of methoxy groups -OCH3 is 1. The first-order valence-corrected chi connectivity index (χ1v) is 8.98. The van der Waals surface area contributed by atoms with Gasteiger partial charge in [0.25, 0.3) is 5.91 Å². The number of amides is 1. The van der Waals surface area contributed by atoms with E-state index in [1.807, 2.05) is 49.4 Å². The van der Waals surface area contributed by atoms with Crippen molar-refractivity contribution in [1.82, 2.24) is 14.9 Å². The monoisotopic (exact) mass is 363 g/mol. The smallest absolute Gasteiger partial charge is 0.268 e. The van der Waals surface area contributed by atoms with Crippen LogP contribution in [0.25, 0.3) is 0 Å². The van der Waals surface area contributed by atoms with Crippen molar-refractivity contribution in [3.05, 3.63) is 82.4 Å². The van der Waals surface area contributed by atoms with Gasteiger partial charge in [0.2, 0.25) is 0 Å². The number of hydrogen-bond acceptors (Lipinski definition) is 3. The Morgan fingerprint density at radius 3 is 2.63 bits per heavy atom. The molecule has 0 unspecified atom stereocenters. The van der Waals surface area contributed by atoms with Crippen molar-refractivity contribution in [3.63, 3.8) is 0 Å². The zero-order chi connectivity index (χ0) is 19.4. The molecule has 27 heavy (non-hydrogen) atoms. The Balaban J connectivity index is 1.88. The molecule has 3 aromatic rings. The molecule has 1 aromatic carbocycles. The number of benzene rings is 1. The largest absolute Gasteiger partial charge is 0.497 e. The maximum atomic E-state index is 13.0. The van der Waals surface area contributed by atoms with Crippen LogP contribution >= 0.6 is 0 Å². The van der Waals surface area contributed by atoms with Crippen LogP contribution in [0, 0.1) is 20.8 Å². The van der Waals surface area contributed by atoms with E-state index in [1.165, 1.54) is 0 Å². The summed E-state index contributed by atoms with van der Waals surface area (Å²) in [6.45, 7) is 7.13. The fraction of sp³-hybridized carbons (Fsp3) is 0.273. The van der Waals surface area contributed by atoms with Gasteiger partial charge in [-0.1, -0.05) is 18.2 Å². The Kier molecular flexibility index (Phi) is 5.60. The molecule has 0 aliphatic rings. The molecule has 1 N–H and O–H groups in total. The topological polar surface area (TPSA) is 56.1 Å². The fourth-order valence-electron chi connectivity index (χ4n) is 3.22. The lowest BCUT2D eigenvalue weighted by molar-refractivity contribution is 0.0940. The van der Waals surface area contributed by atoms with Crippen molar-refractivity contribution in [1.29, 1.82) is 0 Å². The number of carbonyl (C=O) groups is 1. The number of nitrogens with one attached hydrogen (secondary N) is 1. The van der Waals surface area contributed by atoms with Crippen LogP contribution in [0.4, 0.5) is 0 Å². The van der Waals surface area contributed by atoms with E-state index in [9.17, 15) is 4.79 Å². The van der Waals surface area contributed by atoms with Crippen molar-refractivity contribution in [2.75, 3.05) is 7.11 Å². The summed E-state index contributed by atoms with van der Waals surface area (Å²) in [5, 5.41) is 3.00. The normalized spacial score (nSPS) is 10.7. The third-order valence-electron chi connectivity index (χ3n) is 4.98. The molecule has 0 saturated carbocycles. The Hall–Kier alpha value is -3.08. The molecule has 0 fully saturated rings. The summed E-state index contributed by atoms with van der Waals surface area (Å²) in [5.74, 6) is 0.726. The van der Waals surface area contributed by atoms with E-state index in [-0.39, 0.29) is 5.91 Å². The van der Waals surface area contributed by atoms with Crippen LogP contribution in [0.3, 0.4) is 0 Å². The van der Waals surface area contributed by atoms with E-state index in [1.54, 1.807) is 13.3 Å². The average Bonchev–Trinajstić information content (AvgIpc) is 2.91. The number of ether oxygens (including phenoxy) is 1.